The van der Waals surface area contributed by atoms with Crippen LogP contribution in [-0.4, -0.2) is 44.0 Å². The molecular weight excluding hydrogens is 366 g/mol. The van der Waals surface area contributed by atoms with Gasteiger partial charge in [-0.15, -0.1) is 0 Å². The van der Waals surface area contributed by atoms with E-state index >= 15 is 0 Å². The first-order valence-corrected chi connectivity index (χ1v) is 8.92. The minimum absolute atomic E-state index is 0.0972. The molecule has 0 fully saturated rings. The van der Waals surface area contributed by atoms with Crippen LogP contribution in [0.15, 0.2) is 48.5 Å². The maximum Gasteiger partial charge on any atom is 0.238 e. The van der Waals surface area contributed by atoms with Crippen LogP contribution in [0.25, 0.3) is 0 Å². The van der Waals surface area contributed by atoms with E-state index in [1.807, 2.05) is 19.1 Å². The van der Waals surface area contributed by atoms with Crippen molar-refractivity contribution < 1.29 is 14.3 Å². The largest absolute Gasteiger partial charge is 0.497 e. The molecule has 0 aliphatic heterocycles. The van der Waals surface area contributed by atoms with Crippen LogP contribution in [0.4, 0.5) is 5.69 Å². The van der Waals surface area contributed by atoms with Gasteiger partial charge in [0.2, 0.25) is 11.8 Å². The highest BCUT2D eigenvalue weighted by Crippen LogP contribution is 2.17. The molecule has 0 saturated carbocycles. The van der Waals surface area contributed by atoms with Crippen LogP contribution in [0.3, 0.4) is 0 Å². The highest BCUT2D eigenvalue weighted by atomic mass is 35.5. The molecule has 0 spiro atoms. The van der Waals surface area contributed by atoms with Crippen molar-refractivity contribution in [2.45, 2.75) is 13.0 Å². The lowest BCUT2D eigenvalue weighted by atomic mass is 10.1. The molecule has 7 heteroatoms. The molecule has 0 unspecified atom stereocenters. The molecule has 0 aromatic heterocycles. The lowest BCUT2D eigenvalue weighted by Crippen LogP contribution is -2.39. The summed E-state index contributed by atoms with van der Waals surface area (Å²) in [7, 11) is 3.29. The van der Waals surface area contributed by atoms with Gasteiger partial charge in [0.15, 0.2) is 0 Å². The van der Waals surface area contributed by atoms with Gasteiger partial charge in [-0.1, -0.05) is 29.8 Å². The molecule has 0 saturated heterocycles. The maximum absolute atomic E-state index is 12.2. The molecule has 6 nitrogen and oxygen atoms in total. The van der Waals surface area contributed by atoms with E-state index in [4.69, 9.17) is 16.3 Å². The van der Waals surface area contributed by atoms with Gasteiger partial charge in [-0.05, 0) is 43.8 Å². The van der Waals surface area contributed by atoms with Crippen molar-refractivity contribution >= 4 is 29.1 Å². The second-order valence-corrected chi connectivity index (χ2v) is 6.73. The summed E-state index contributed by atoms with van der Waals surface area (Å²) < 4.78 is 5.13. The molecule has 0 aliphatic rings. The highest BCUT2D eigenvalue weighted by molar-refractivity contribution is 6.30. The molecular formula is C20H24ClN3O3. The quantitative estimate of drug-likeness (QED) is 0.727. The molecule has 2 aromatic rings. The minimum Gasteiger partial charge on any atom is -0.497 e. The summed E-state index contributed by atoms with van der Waals surface area (Å²) in [5, 5.41) is 6.35. The third kappa shape index (κ3) is 6.92. The number of hydrogen-bond acceptors (Lipinski definition) is 4. The Morgan fingerprint density at radius 1 is 1.11 bits per heavy atom. The highest BCUT2D eigenvalue weighted by Gasteiger charge is 2.14. The zero-order chi connectivity index (χ0) is 19.8. The number of amides is 2. The van der Waals surface area contributed by atoms with E-state index in [1.54, 1.807) is 55.5 Å². The second-order valence-electron chi connectivity index (χ2n) is 6.29. The number of likely N-dealkylation sites (N-methyl/N-ethyl adjacent to an activating group) is 1. The fourth-order valence-corrected chi connectivity index (χ4v) is 2.70. The first kappa shape index (κ1) is 20.7. The van der Waals surface area contributed by atoms with Crippen LogP contribution in [0, 0.1) is 0 Å². The summed E-state index contributed by atoms with van der Waals surface area (Å²) >= 11 is 5.88. The van der Waals surface area contributed by atoms with Gasteiger partial charge in [-0.2, -0.15) is 0 Å². The lowest BCUT2D eigenvalue weighted by molar-refractivity contribution is -0.123. The zero-order valence-corrected chi connectivity index (χ0v) is 16.4. The topological polar surface area (TPSA) is 70.7 Å². The lowest BCUT2D eigenvalue weighted by Gasteiger charge is -2.19. The number of benzene rings is 2. The van der Waals surface area contributed by atoms with Gasteiger partial charge in [-0.25, -0.2) is 0 Å². The van der Waals surface area contributed by atoms with Crippen LogP contribution in [-0.2, 0) is 9.59 Å². The fourth-order valence-electron chi connectivity index (χ4n) is 2.57. The van der Waals surface area contributed by atoms with Gasteiger partial charge in [0, 0.05) is 16.8 Å². The van der Waals surface area contributed by atoms with E-state index in [2.05, 4.69) is 10.6 Å². The van der Waals surface area contributed by atoms with E-state index < -0.39 is 0 Å². The van der Waals surface area contributed by atoms with Crippen molar-refractivity contribution in [3.05, 3.63) is 59.1 Å². The molecule has 2 rings (SSSR count). The maximum atomic E-state index is 12.2. The molecule has 0 heterocycles. The molecule has 2 aromatic carbocycles. The average molecular weight is 390 g/mol. The Morgan fingerprint density at radius 3 is 2.44 bits per heavy atom. The Kier molecular flexibility index (Phi) is 7.64. The van der Waals surface area contributed by atoms with Crippen molar-refractivity contribution in [1.82, 2.24) is 10.2 Å². The number of ether oxygens (including phenoxy) is 1. The first-order chi connectivity index (χ1) is 12.9. The van der Waals surface area contributed by atoms with Crippen LogP contribution >= 0.6 is 11.6 Å². The molecule has 0 aliphatic carbocycles. The van der Waals surface area contributed by atoms with Gasteiger partial charge < -0.3 is 15.4 Å². The Morgan fingerprint density at radius 2 is 1.78 bits per heavy atom. The predicted octanol–water partition coefficient (Wildman–Crippen LogP) is 3.10. The van der Waals surface area contributed by atoms with E-state index in [0.717, 1.165) is 5.56 Å². The third-order valence-electron chi connectivity index (χ3n) is 3.93. The predicted molar refractivity (Wildman–Crippen MR) is 107 cm³/mol. The van der Waals surface area contributed by atoms with Crippen molar-refractivity contribution in [2.75, 3.05) is 32.6 Å². The standard InChI is InChI=1S/C20H24ClN3O3/c1-14(15-7-9-16(21)10-8-15)22-19(25)12-24(2)13-20(26)23-17-5-4-6-18(11-17)27-3/h4-11,14H,12-13H2,1-3H3,(H,22,25)(H,23,26)/t14-/m1/s1. The zero-order valence-electron chi connectivity index (χ0n) is 15.7. The number of methoxy groups -OCH3 is 1. The summed E-state index contributed by atoms with van der Waals surface area (Å²) in [6, 6.07) is 14.3. The van der Waals surface area contributed by atoms with Gasteiger partial charge in [-0.3, -0.25) is 14.5 Å². The molecule has 0 radical (unpaired) electrons. The van der Waals surface area contributed by atoms with E-state index in [-0.39, 0.29) is 30.9 Å². The van der Waals surface area contributed by atoms with Gasteiger partial charge in [0.25, 0.3) is 0 Å². The molecule has 27 heavy (non-hydrogen) atoms. The van der Waals surface area contributed by atoms with Gasteiger partial charge in [0.05, 0.1) is 26.2 Å². The number of halogens is 1. The first-order valence-electron chi connectivity index (χ1n) is 8.54. The number of nitrogens with zero attached hydrogens (tertiary/aromatic N) is 1. The average Bonchev–Trinajstić information content (AvgIpc) is 2.61. The number of anilines is 1. The Labute approximate surface area is 164 Å². The smallest absolute Gasteiger partial charge is 0.238 e. The number of rotatable bonds is 8. The van der Waals surface area contributed by atoms with Crippen molar-refractivity contribution in [1.29, 1.82) is 0 Å². The Balaban J connectivity index is 1.79. The summed E-state index contributed by atoms with van der Waals surface area (Å²) in [4.78, 5) is 26.0. The Hall–Kier alpha value is -2.57. The van der Waals surface area contributed by atoms with Crippen molar-refractivity contribution in [3.63, 3.8) is 0 Å². The molecule has 2 N–H and O–H groups in total. The third-order valence-corrected chi connectivity index (χ3v) is 4.18. The second kappa shape index (κ2) is 9.94. The van der Waals surface area contributed by atoms with Crippen LogP contribution < -0.4 is 15.4 Å². The summed E-state index contributed by atoms with van der Waals surface area (Å²) in [6.07, 6.45) is 0. The van der Waals surface area contributed by atoms with Crippen molar-refractivity contribution in [2.24, 2.45) is 0 Å². The fraction of sp³-hybridized carbons (Fsp3) is 0.300. The number of nitrogens with one attached hydrogen (secondary N) is 2. The SMILES string of the molecule is COc1cccc(NC(=O)CN(C)CC(=O)N[C@H](C)c2ccc(Cl)cc2)c1. The molecule has 144 valence electrons. The summed E-state index contributed by atoms with van der Waals surface area (Å²) in [5.41, 5.74) is 1.61. The monoisotopic (exact) mass is 389 g/mol. The normalized spacial score (nSPS) is 11.7. The Bertz CT molecular complexity index is 780. The van der Waals surface area contributed by atoms with E-state index in [0.29, 0.717) is 16.5 Å². The molecule has 1 atom stereocenters. The molecule has 2 amide bonds. The number of hydrogen-bond donors (Lipinski definition) is 2. The number of carbonyl (C=O) groups is 2. The number of carbonyl (C=O) groups excluding carboxylic acids is 2. The summed E-state index contributed by atoms with van der Waals surface area (Å²) in [6.45, 7) is 2.11. The van der Waals surface area contributed by atoms with Crippen LogP contribution in [0.1, 0.15) is 18.5 Å². The van der Waals surface area contributed by atoms with Gasteiger partial charge in [0.1, 0.15) is 5.75 Å². The van der Waals surface area contributed by atoms with Crippen molar-refractivity contribution in [3.8, 4) is 5.75 Å². The van der Waals surface area contributed by atoms with E-state index in [1.165, 1.54) is 0 Å². The summed E-state index contributed by atoms with van der Waals surface area (Å²) in [5.74, 6) is 0.301. The van der Waals surface area contributed by atoms with Crippen LogP contribution in [0.5, 0.6) is 5.75 Å². The minimum atomic E-state index is -0.204. The molecule has 0 bridgehead atoms. The van der Waals surface area contributed by atoms with Gasteiger partial charge >= 0.3 is 0 Å². The van der Waals surface area contributed by atoms with E-state index in [9.17, 15) is 9.59 Å². The van der Waals surface area contributed by atoms with Crippen LogP contribution in [0.2, 0.25) is 5.02 Å².